The number of carbonyl (C=O) groups excluding carboxylic acids is 2. The van der Waals surface area contributed by atoms with E-state index in [1.54, 1.807) is 0 Å². The van der Waals surface area contributed by atoms with Gasteiger partial charge in [-0.3, -0.25) is 9.59 Å². The van der Waals surface area contributed by atoms with Crippen molar-refractivity contribution in [2.75, 3.05) is 13.2 Å². The number of esters is 1. The Morgan fingerprint density at radius 3 is 1.22 bits per heavy atom. The Morgan fingerprint density at radius 2 is 0.810 bits per heavy atom. The first-order chi connectivity index (χ1) is 28.5. The summed E-state index contributed by atoms with van der Waals surface area (Å²) in [6.07, 6.45) is 55.8. The minimum absolute atomic E-state index is 0.0108. The van der Waals surface area contributed by atoms with E-state index in [0.29, 0.717) is 25.9 Å². The summed E-state index contributed by atoms with van der Waals surface area (Å²) >= 11 is 0. The van der Waals surface area contributed by atoms with Gasteiger partial charge in [0.05, 0.1) is 25.4 Å². The van der Waals surface area contributed by atoms with E-state index in [4.69, 9.17) is 4.74 Å². The van der Waals surface area contributed by atoms with E-state index < -0.39 is 12.1 Å². The van der Waals surface area contributed by atoms with E-state index in [-0.39, 0.29) is 18.5 Å². The third kappa shape index (κ3) is 43.9. The maximum atomic E-state index is 12.4. The largest absolute Gasteiger partial charge is 0.466 e. The highest BCUT2D eigenvalue weighted by molar-refractivity contribution is 5.76. The zero-order valence-electron chi connectivity index (χ0n) is 38.8. The van der Waals surface area contributed by atoms with Gasteiger partial charge in [0.25, 0.3) is 0 Å². The molecule has 0 saturated heterocycles. The lowest BCUT2D eigenvalue weighted by Crippen LogP contribution is -2.45. The number of carbonyl (C=O) groups is 2. The Balaban J connectivity index is 3.45. The van der Waals surface area contributed by atoms with Crippen molar-refractivity contribution in [3.05, 3.63) is 24.3 Å². The zero-order chi connectivity index (χ0) is 42.3. The number of ether oxygens (including phenoxy) is 1. The van der Waals surface area contributed by atoms with E-state index in [0.717, 1.165) is 57.8 Å². The quantitative estimate of drug-likeness (QED) is 0.0323. The van der Waals surface area contributed by atoms with E-state index >= 15 is 0 Å². The smallest absolute Gasteiger partial charge is 0.305 e. The molecule has 0 bridgehead atoms. The lowest BCUT2D eigenvalue weighted by Gasteiger charge is -2.22. The van der Waals surface area contributed by atoms with Crippen LogP contribution in [0.25, 0.3) is 0 Å². The van der Waals surface area contributed by atoms with Crippen LogP contribution >= 0.6 is 0 Å². The van der Waals surface area contributed by atoms with E-state index in [1.807, 2.05) is 0 Å². The maximum absolute atomic E-state index is 12.4. The molecule has 0 aromatic heterocycles. The minimum Gasteiger partial charge on any atom is -0.466 e. The lowest BCUT2D eigenvalue weighted by atomic mass is 10.0. The molecule has 1 amide bonds. The molecule has 342 valence electrons. The first kappa shape index (κ1) is 56.3. The van der Waals surface area contributed by atoms with Crippen LogP contribution in [0.15, 0.2) is 24.3 Å². The topological polar surface area (TPSA) is 95.9 Å². The first-order valence-corrected chi connectivity index (χ1v) is 25.6. The molecule has 0 rings (SSSR count). The summed E-state index contributed by atoms with van der Waals surface area (Å²) in [5.41, 5.74) is 0. The van der Waals surface area contributed by atoms with Crippen LogP contribution in [0.2, 0.25) is 0 Å². The van der Waals surface area contributed by atoms with Gasteiger partial charge in [-0.15, -0.1) is 0 Å². The number of aliphatic hydroxyl groups is 2. The van der Waals surface area contributed by atoms with E-state index in [9.17, 15) is 19.8 Å². The van der Waals surface area contributed by atoms with Crippen LogP contribution in [0.5, 0.6) is 0 Å². The Morgan fingerprint density at radius 1 is 0.466 bits per heavy atom. The molecule has 0 heterocycles. The van der Waals surface area contributed by atoms with Crippen LogP contribution in [0.1, 0.15) is 271 Å². The van der Waals surface area contributed by atoms with E-state index in [1.165, 1.54) is 180 Å². The van der Waals surface area contributed by atoms with Crippen molar-refractivity contribution < 1.29 is 24.5 Å². The summed E-state index contributed by atoms with van der Waals surface area (Å²) in [6, 6.07) is -0.548. The van der Waals surface area contributed by atoms with Crippen LogP contribution in [0.4, 0.5) is 0 Å². The summed E-state index contributed by atoms with van der Waals surface area (Å²) in [6.45, 7) is 4.90. The normalized spacial score (nSPS) is 12.8. The second-order valence-electron chi connectivity index (χ2n) is 17.5. The Bertz CT molecular complexity index is 904. The van der Waals surface area contributed by atoms with Crippen molar-refractivity contribution >= 4 is 11.9 Å². The van der Waals surface area contributed by atoms with Gasteiger partial charge in [-0.2, -0.15) is 0 Å². The summed E-state index contributed by atoms with van der Waals surface area (Å²) < 4.78 is 5.45. The molecule has 2 unspecified atom stereocenters. The second-order valence-corrected chi connectivity index (χ2v) is 17.5. The fourth-order valence-electron chi connectivity index (χ4n) is 7.74. The highest BCUT2D eigenvalue weighted by Gasteiger charge is 2.20. The molecule has 0 aromatic carbocycles. The van der Waals surface area contributed by atoms with Gasteiger partial charge in [-0.25, -0.2) is 0 Å². The van der Waals surface area contributed by atoms with Gasteiger partial charge >= 0.3 is 5.97 Å². The van der Waals surface area contributed by atoms with Gasteiger partial charge in [0, 0.05) is 12.8 Å². The Kier molecular flexibility index (Phi) is 46.6. The number of rotatable bonds is 47. The molecule has 0 aliphatic carbocycles. The van der Waals surface area contributed by atoms with Crippen LogP contribution in [-0.2, 0) is 14.3 Å². The van der Waals surface area contributed by atoms with Gasteiger partial charge in [-0.05, 0) is 77.0 Å². The third-order valence-electron chi connectivity index (χ3n) is 11.7. The van der Waals surface area contributed by atoms with Gasteiger partial charge < -0.3 is 20.3 Å². The maximum Gasteiger partial charge on any atom is 0.305 e. The summed E-state index contributed by atoms with van der Waals surface area (Å²) in [7, 11) is 0. The monoisotopic (exact) mass is 818 g/mol. The molecule has 3 N–H and O–H groups in total. The van der Waals surface area contributed by atoms with Crippen LogP contribution in [0.3, 0.4) is 0 Å². The van der Waals surface area contributed by atoms with Gasteiger partial charge in [0.15, 0.2) is 0 Å². The molecule has 0 aliphatic heterocycles. The molecule has 0 saturated carbocycles. The van der Waals surface area contributed by atoms with E-state index in [2.05, 4.69) is 43.5 Å². The van der Waals surface area contributed by atoms with Crippen LogP contribution in [-0.4, -0.2) is 47.4 Å². The fourth-order valence-corrected chi connectivity index (χ4v) is 7.74. The average molecular weight is 818 g/mol. The Hall–Kier alpha value is -1.66. The van der Waals surface area contributed by atoms with Gasteiger partial charge in [-0.1, -0.05) is 205 Å². The Labute approximate surface area is 361 Å². The average Bonchev–Trinajstić information content (AvgIpc) is 3.22. The van der Waals surface area contributed by atoms with Crippen molar-refractivity contribution in [2.24, 2.45) is 0 Å². The first-order valence-electron chi connectivity index (χ1n) is 25.6. The molecule has 58 heavy (non-hydrogen) atoms. The number of amides is 1. The van der Waals surface area contributed by atoms with Gasteiger partial charge in [0.2, 0.25) is 5.91 Å². The lowest BCUT2D eigenvalue weighted by molar-refractivity contribution is -0.143. The molecular formula is C52H99NO5. The summed E-state index contributed by atoms with van der Waals surface area (Å²) in [4.78, 5) is 24.4. The number of unbranched alkanes of at least 4 members (excludes halogenated alkanes) is 32. The van der Waals surface area contributed by atoms with Gasteiger partial charge in [0.1, 0.15) is 0 Å². The molecule has 0 fully saturated rings. The number of nitrogens with one attached hydrogen (secondary N) is 1. The van der Waals surface area contributed by atoms with Crippen molar-refractivity contribution in [2.45, 2.75) is 283 Å². The molecule has 0 aromatic rings. The number of aliphatic hydroxyl groups excluding tert-OH is 2. The predicted molar refractivity (Wildman–Crippen MR) is 250 cm³/mol. The third-order valence-corrected chi connectivity index (χ3v) is 11.7. The minimum atomic E-state index is -0.670. The fraction of sp³-hybridized carbons (Fsp3) is 0.885. The van der Waals surface area contributed by atoms with Crippen molar-refractivity contribution in [1.29, 1.82) is 0 Å². The molecule has 0 radical (unpaired) electrons. The standard InChI is InChI=1S/C52H99NO5/c1-3-5-7-9-11-13-15-16-23-26-30-34-38-42-46-52(57)58-47-43-39-35-31-27-24-21-19-17-18-20-22-25-29-33-37-41-45-51(56)53-49(48-54)50(55)44-40-36-32-28-14-12-10-8-6-4-2/h15-17,19,49-50,54-55H,3-14,18,20-48H2,1-2H3,(H,53,56)/b16-15-,19-17-. The molecule has 6 nitrogen and oxygen atoms in total. The SMILES string of the molecule is CCCCCCC/C=C\CCCCCCCC(=O)OCCCCCCCC/C=C\CCCCCCCCCC(=O)NC(CO)C(O)CCCCCCCCCCCC. The molecule has 6 heteroatoms. The molecular weight excluding hydrogens is 719 g/mol. The molecule has 0 spiro atoms. The zero-order valence-corrected chi connectivity index (χ0v) is 38.8. The van der Waals surface area contributed by atoms with Crippen LogP contribution < -0.4 is 5.32 Å². The van der Waals surface area contributed by atoms with Crippen molar-refractivity contribution in [1.82, 2.24) is 5.32 Å². The number of hydrogen-bond donors (Lipinski definition) is 3. The summed E-state index contributed by atoms with van der Waals surface area (Å²) in [5.74, 6) is -0.0602. The highest BCUT2D eigenvalue weighted by atomic mass is 16.5. The molecule has 2 atom stereocenters. The highest BCUT2D eigenvalue weighted by Crippen LogP contribution is 2.15. The van der Waals surface area contributed by atoms with Crippen molar-refractivity contribution in [3.63, 3.8) is 0 Å². The van der Waals surface area contributed by atoms with Crippen molar-refractivity contribution in [3.8, 4) is 0 Å². The number of allylic oxidation sites excluding steroid dienone is 4. The number of hydrogen-bond acceptors (Lipinski definition) is 5. The molecule has 0 aliphatic rings. The summed E-state index contributed by atoms with van der Waals surface area (Å²) in [5, 5.41) is 23.1. The predicted octanol–water partition coefficient (Wildman–Crippen LogP) is 15.1. The van der Waals surface area contributed by atoms with Crippen LogP contribution in [0, 0.1) is 0 Å². The second kappa shape index (κ2) is 48.0.